The molecule has 6 atom stereocenters. The van der Waals surface area contributed by atoms with Crippen molar-refractivity contribution in [3.8, 4) is 0 Å². The summed E-state index contributed by atoms with van der Waals surface area (Å²) in [5.74, 6) is 0.846. The summed E-state index contributed by atoms with van der Waals surface area (Å²) < 4.78 is 6.27. The summed E-state index contributed by atoms with van der Waals surface area (Å²) in [5.41, 5.74) is 1.29. The second-order valence-electron chi connectivity index (χ2n) is 11.4. The van der Waals surface area contributed by atoms with Crippen LogP contribution < -0.4 is 0 Å². The van der Waals surface area contributed by atoms with Crippen LogP contribution in [0.5, 0.6) is 0 Å². The lowest BCUT2D eigenvalue weighted by atomic mass is 9.40. The number of hydrogen-bond donors (Lipinski definition) is 0. The molecule has 160 valence electrons. The number of ketones is 1. The van der Waals surface area contributed by atoms with Gasteiger partial charge >= 0.3 is 5.97 Å². The molecule has 4 aliphatic rings. The molecule has 4 fully saturated rings. The van der Waals surface area contributed by atoms with Gasteiger partial charge < -0.3 is 4.74 Å². The van der Waals surface area contributed by atoms with Crippen molar-refractivity contribution >= 4 is 11.8 Å². The van der Waals surface area contributed by atoms with Crippen molar-refractivity contribution < 1.29 is 14.3 Å². The van der Waals surface area contributed by atoms with Crippen molar-refractivity contribution in [3.05, 3.63) is 48.0 Å². The minimum atomic E-state index is -0.375. The van der Waals surface area contributed by atoms with Crippen LogP contribution in [0.25, 0.3) is 0 Å². The van der Waals surface area contributed by atoms with Crippen molar-refractivity contribution in [1.29, 1.82) is 0 Å². The minimum Gasteiger partial charge on any atom is -0.458 e. The molecule has 0 saturated heterocycles. The normalized spacial score (nSPS) is 41.7. The van der Waals surface area contributed by atoms with E-state index in [1.807, 2.05) is 30.3 Å². The number of fused-ring (bicyclic) bond motifs is 3. The van der Waals surface area contributed by atoms with E-state index in [2.05, 4.69) is 27.4 Å². The molecule has 0 aliphatic heterocycles. The lowest BCUT2D eigenvalue weighted by molar-refractivity contribution is -0.188. The zero-order valence-electron chi connectivity index (χ0n) is 18.6. The molecule has 2 bridgehead atoms. The first kappa shape index (κ1) is 20.0. The van der Waals surface area contributed by atoms with Crippen LogP contribution in [0.2, 0.25) is 0 Å². The van der Waals surface area contributed by atoms with Gasteiger partial charge in [0.2, 0.25) is 0 Å². The predicted molar refractivity (Wildman–Crippen MR) is 117 cm³/mol. The van der Waals surface area contributed by atoms with Crippen molar-refractivity contribution in [1.82, 2.24) is 0 Å². The van der Waals surface area contributed by atoms with Gasteiger partial charge in [-0.05, 0) is 78.9 Å². The summed E-state index contributed by atoms with van der Waals surface area (Å²) in [6.45, 7) is 11.4. The van der Waals surface area contributed by atoms with Gasteiger partial charge in [0, 0.05) is 11.3 Å². The van der Waals surface area contributed by atoms with Gasteiger partial charge in [0.25, 0.3) is 0 Å². The van der Waals surface area contributed by atoms with E-state index < -0.39 is 0 Å². The summed E-state index contributed by atoms with van der Waals surface area (Å²) >= 11 is 0. The van der Waals surface area contributed by atoms with E-state index >= 15 is 0 Å². The Morgan fingerprint density at radius 2 is 1.83 bits per heavy atom. The summed E-state index contributed by atoms with van der Waals surface area (Å²) in [4.78, 5) is 26.6. The van der Waals surface area contributed by atoms with Crippen LogP contribution in [-0.2, 0) is 9.53 Å². The lowest BCUT2D eigenvalue weighted by Gasteiger charge is -2.64. The SMILES string of the molecule is C=C1C(=O)[C@@]23CC[C@@H]4C(C)(C)CCC[C@@]4(C)[C@@H]2[C@@H](OC(=O)c2ccccc2)C[C@@H]1C3. The number of ether oxygens (including phenoxy) is 1. The molecule has 0 radical (unpaired) electrons. The summed E-state index contributed by atoms with van der Waals surface area (Å²) in [6.07, 6.45) is 7.03. The molecule has 0 heterocycles. The maximum atomic E-state index is 13.6. The number of esters is 1. The van der Waals surface area contributed by atoms with Crippen LogP contribution in [0.4, 0.5) is 0 Å². The molecule has 0 aromatic heterocycles. The van der Waals surface area contributed by atoms with E-state index in [4.69, 9.17) is 4.74 Å². The maximum absolute atomic E-state index is 13.6. The van der Waals surface area contributed by atoms with Gasteiger partial charge in [-0.2, -0.15) is 0 Å². The first-order chi connectivity index (χ1) is 14.2. The van der Waals surface area contributed by atoms with Crippen molar-refractivity contribution in [3.63, 3.8) is 0 Å². The monoisotopic (exact) mass is 406 g/mol. The van der Waals surface area contributed by atoms with E-state index in [9.17, 15) is 9.59 Å². The Bertz CT molecular complexity index is 900. The molecule has 1 aromatic carbocycles. The molecule has 30 heavy (non-hydrogen) atoms. The number of carbonyl (C=O) groups is 2. The highest BCUT2D eigenvalue weighted by Gasteiger charge is 2.69. The summed E-state index contributed by atoms with van der Waals surface area (Å²) in [5, 5.41) is 0. The van der Waals surface area contributed by atoms with Crippen molar-refractivity contribution in [2.24, 2.45) is 34.0 Å². The summed E-state index contributed by atoms with van der Waals surface area (Å²) in [7, 11) is 0. The molecule has 5 rings (SSSR count). The Balaban J connectivity index is 1.57. The molecule has 0 N–H and O–H groups in total. The topological polar surface area (TPSA) is 43.4 Å². The Labute approximate surface area is 180 Å². The number of allylic oxidation sites excluding steroid dienone is 1. The number of Topliss-reactive ketones (excluding diaryl/α,β-unsaturated/α-hetero) is 1. The zero-order chi connectivity index (χ0) is 21.3. The van der Waals surface area contributed by atoms with Crippen molar-refractivity contribution in [2.45, 2.75) is 71.8 Å². The van der Waals surface area contributed by atoms with E-state index in [1.165, 1.54) is 12.8 Å². The van der Waals surface area contributed by atoms with Gasteiger partial charge in [-0.15, -0.1) is 0 Å². The highest BCUT2D eigenvalue weighted by Crippen LogP contribution is 2.71. The summed E-state index contributed by atoms with van der Waals surface area (Å²) in [6, 6.07) is 9.28. The molecule has 1 aromatic rings. The van der Waals surface area contributed by atoms with Crippen LogP contribution in [0.1, 0.15) is 76.1 Å². The van der Waals surface area contributed by atoms with Gasteiger partial charge in [0.15, 0.2) is 5.78 Å². The molecule has 0 unspecified atom stereocenters. The van der Waals surface area contributed by atoms with E-state index in [-0.39, 0.29) is 45.9 Å². The van der Waals surface area contributed by atoms with Crippen LogP contribution in [0, 0.1) is 34.0 Å². The van der Waals surface area contributed by atoms with E-state index in [0.29, 0.717) is 11.5 Å². The number of rotatable bonds is 2. The highest BCUT2D eigenvalue weighted by molar-refractivity contribution is 6.03. The first-order valence-electron chi connectivity index (χ1n) is 11.7. The van der Waals surface area contributed by atoms with Crippen LogP contribution >= 0.6 is 0 Å². The zero-order valence-corrected chi connectivity index (χ0v) is 18.6. The molecular formula is C27H34O3. The average molecular weight is 407 g/mol. The molecule has 1 spiro atoms. The molecule has 4 aliphatic carbocycles. The average Bonchev–Trinajstić information content (AvgIpc) is 2.88. The largest absolute Gasteiger partial charge is 0.458 e. The van der Waals surface area contributed by atoms with E-state index in [1.54, 1.807) is 0 Å². The van der Waals surface area contributed by atoms with Gasteiger partial charge in [-0.1, -0.05) is 52.0 Å². The van der Waals surface area contributed by atoms with Gasteiger partial charge in [-0.25, -0.2) is 4.79 Å². The second kappa shape index (κ2) is 6.55. The first-order valence-corrected chi connectivity index (χ1v) is 11.7. The smallest absolute Gasteiger partial charge is 0.338 e. The fourth-order valence-corrected chi connectivity index (χ4v) is 8.41. The lowest BCUT2D eigenvalue weighted by Crippen LogP contribution is -2.61. The van der Waals surface area contributed by atoms with Crippen LogP contribution in [0.15, 0.2) is 42.5 Å². The third-order valence-corrected chi connectivity index (χ3v) is 9.46. The quantitative estimate of drug-likeness (QED) is 0.447. The number of benzene rings is 1. The number of carbonyl (C=O) groups excluding carboxylic acids is 2. The molecular weight excluding hydrogens is 372 g/mol. The Kier molecular flexibility index (Phi) is 4.37. The molecule has 3 nitrogen and oxygen atoms in total. The maximum Gasteiger partial charge on any atom is 0.338 e. The predicted octanol–water partition coefficient (Wildman–Crippen LogP) is 5.99. The molecule has 4 saturated carbocycles. The molecule has 3 heteroatoms. The van der Waals surface area contributed by atoms with Crippen LogP contribution in [-0.4, -0.2) is 17.9 Å². The highest BCUT2D eigenvalue weighted by atomic mass is 16.5. The number of hydrogen-bond acceptors (Lipinski definition) is 3. The second-order valence-corrected chi connectivity index (χ2v) is 11.4. The van der Waals surface area contributed by atoms with Gasteiger partial charge in [-0.3, -0.25) is 4.79 Å². The van der Waals surface area contributed by atoms with Gasteiger partial charge in [0.1, 0.15) is 6.10 Å². The third-order valence-electron chi connectivity index (χ3n) is 9.46. The minimum absolute atomic E-state index is 0.0207. The van der Waals surface area contributed by atoms with E-state index in [0.717, 1.165) is 37.7 Å². The molecule has 0 amide bonds. The Morgan fingerprint density at radius 3 is 2.57 bits per heavy atom. The van der Waals surface area contributed by atoms with Crippen molar-refractivity contribution in [2.75, 3.05) is 0 Å². The fraction of sp³-hybridized carbons (Fsp3) is 0.630. The third kappa shape index (κ3) is 2.63. The van der Waals surface area contributed by atoms with Crippen LogP contribution in [0.3, 0.4) is 0 Å². The fourth-order valence-electron chi connectivity index (χ4n) is 8.41. The standard InChI is InChI=1S/C27H34O3/c1-17-19-15-20(30-24(29)18-9-6-5-7-10-18)22-26(4)13-8-12-25(2,3)21(26)11-14-27(22,16-19)23(17)28/h5-7,9-10,19-22H,1,8,11-16H2,2-4H3/t19-,20+,21-,22+,26-,27-/m1/s1. The Hall–Kier alpha value is -1.90. The Morgan fingerprint density at radius 1 is 1.10 bits per heavy atom. The van der Waals surface area contributed by atoms with Gasteiger partial charge in [0.05, 0.1) is 5.56 Å².